The van der Waals surface area contributed by atoms with E-state index in [9.17, 15) is 14.4 Å². The molecule has 6 nitrogen and oxygen atoms in total. The molecule has 0 unspecified atom stereocenters. The smallest absolute Gasteiger partial charge is 0.335 e. The maximum absolute atomic E-state index is 13.1. The Morgan fingerprint density at radius 3 is 2.20 bits per heavy atom. The van der Waals surface area contributed by atoms with Crippen molar-refractivity contribution in [3.63, 3.8) is 0 Å². The van der Waals surface area contributed by atoms with Gasteiger partial charge in [-0.15, -0.1) is 0 Å². The van der Waals surface area contributed by atoms with E-state index in [2.05, 4.69) is 18.3 Å². The molecule has 1 N–H and O–H groups in total. The quantitative estimate of drug-likeness (QED) is 0.362. The van der Waals surface area contributed by atoms with Gasteiger partial charge in [-0.1, -0.05) is 41.9 Å². The van der Waals surface area contributed by atoms with Crippen LogP contribution in [-0.4, -0.2) is 17.8 Å². The number of urea groups is 1. The summed E-state index contributed by atoms with van der Waals surface area (Å²) in [5.41, 5.74) is 6.13. The van der Waals surface area contributed by atoms with Gasteiger partial charge in [0.25, 0.3) is 11.8 Å². The van der Waals surface area contributed by atoms with Gasteiger partial charge in [-0.05, 0) is 91.4 Å². The minimum atomic E-state index is -0.784. The Balaban J connectivity index is 1.56. The summed E-state index contributed by atoms with van der Waals surface area (Å²) in [6.45, 7) is 8.28. The fourth-order valence-electron chi connectivity index (χ4n) is 3.70. The Kier molecular flexibility index (Phi) is 6.76. The number of carbonyl (C=O) groups is 3. The molecule has 0 bridgehead atoms. The molecule has 1 aliphatic rings. The summed E-state index contributed by atoms with van der Waals surface area (Å²) in [5, 5.41) is 2.58. The van der Waals surface area contributed by atoms with E-state index in [-0.39, 0.29) is 5.57 Å². The largest absolute Gasteiger partial charge is 0.487 e. The highest BCUT2D eigenvalue weighted by molar-refractivity contribution is 6.39. The number of nitrogens with one attached hydrogen (secondary N) is 1. The first kappa shape index (κ1) is 24.2. The number of benzene rings is 3. The van der Waals surface area contributed by atoms with E-state index < -0.39 is 17.8 Å². The molecule has 0 aromatic heterocycles. The van der Waals surface area contributed by atoms with Crippen LogP contribution in [-0.2, 0) is 16.2 Å². The van der Waals surface area contributed by atoms with Crippen LogP contribution in [0.1, 0.15) is 33.4 Å². The van der Waals surface area contributed by atoms with Gasteiger partial charge in [0.05, 0.1) is 10.7 Å². The van der Waals surface area contributed by atoms with Crippen molar-refractivity contribution in [3.05, 3.63) is 98.6 Å². The molecule has 0 atom stereocenters. The van der Waals surface area contributed by atoms with Crippen LogP contribution in [0.2, 0.25) is 5.02 Å². The molecule has 35 heavy (non-hydrogen) atoms. The van der Waals surface area contributed by atoms with Crippen molar-refractivity contribution in [2.75, 3.05) is 4.90 Å². The number of hydrogen-bond donors (Lipinski definition) is 1. The van der Waals surface area contributed by atoms with Gasteiger partial charge in [0.2, 0.25) is 0 Å². The molecule has 0 aliphatic carbocycles. The van der Waals surface area contributed by atoms with Crippen LogP contribution in [0.25, 0.3) is 6.08 Å². The predicted molar refractivity (Wildman–Crippen MR) is 137 cm³/mol. The maximum Gasteiger partial charge on any atom is 0.335 e. The van der Waals surface area contributed by atoms with Crippen molar-refractivity contribution in [2.45, 2.75) is 34.3 Å². The summed E-state index contributed by atoms with van der Waals surface area (Å²) >= 11 is 6.42. The number of aryl methyl sites for hydroxylation is 4. The Labute approximate surface area is 209 Å². The molecular formula is C28H25ClN2O4. The first-order chi connectivity index (χ1) is 16.6. The summed E-state index contributed by atoms with van der Waals surface area (Å²) in [7, 11) is 0. The van der Waals surface area contributed by atoms with Crippen LogP contribution in [0.5, 0.6) is 5.75 Å². The van der Waals surface area contributed by atoms with E-state index in [1.807, 2.05) is 39.0 Å². The van der Waals surface area contributed by atoms with Gasteiger partial charge in [-0.3, -0.25) is 14.9 Å². The minimum absolute atomic E-state index is 0.164. The number of imide groups is 2. The zero-order chi connectivity index (χ0) is 25.3. The summed E-state index contributed by atoms with van der Waals surface area (Å²) in [5.74, 6) is -0.974. The number of ether oxygens (including phenoxy) is 1. The zero-order valence-corrected chi connectivity index (χ0v) is 20.7. The van der Waals surface area contributed by atoms with Crippen molar-refractivity contribution < 1.29 is 19.1 Å². The van der Waals surface area contributed by atoms with E-state index in [4.69, 9.17) is 16.3 Å². The zero-order valence-electron chi connectivity index (χ0n) is 19.9. The number of hydrogen-bond acceptors (Lipinski definition) is 4. The molecule has 178 valence electrons. The van der Waals surface area contributed by atoms with Crippen LogP contribution in [0.4, 0.5) is 10.5 Å². The van der Waals surface area contributed by atoms with Crippen LogP contribution in [0.15, 0.2) is 60.2 Å². The number of rotatable bonds is 5. The van der Waals surface area contributed by atoms with Gasteiger partial charge in [0.15, 0.2) is 0 Å². The lowest BCUT2D eigenvalue weighted by molar-refractivity contribution is -0.122. The van der Waals surface area contributed by atoms with Crippen LogP contribution in [0, 0.1) is 27.7 Å². The van der Waals surface area contributed by atoms with Gasteiger partial charge in [-0.2, -0.15) is 0 Å². The summed E-state index contributed by atoms with van der Waals surface area (Å²) in [4.78, 5) is 39.0. The number of halogens is 1. The lowest BCUT2D eigenvalue weighted by Crippen LogP contribution is -2.54. The third kappa shape index (κ3) is 5.12. The van der Waals surface area contributed by atoms with E-state index >= 15 is 0 Å². The minimum Gasteiger partial charge on any atom is -0.487 e. The molecule has 1 aliphatic heterocycles. The van der Waals surface area contributed by atoms with Crippen LogP contribution >= 0.6 is 11.6 Å². The topological polar surface area (TPSA) is 75.7 Å². The SMILES string of the molecule is Cc1ccc(COc2ccc(/C=C3\C(=O)NC(=O)N(c4ccc(C)c(C)c4)C3=O)cc2Cl)cc1C. The third-order valence-electron chi connectivity index (χ3n) is 6.08. The number of amides is 4. The Hall–Kier alpha value is -3.90. The molecule has 1 heterocycles. The third-order valence-corrected chi connectivity index (χ3v) is 6.38. The van der Waals surface area contributed by atoms with Gasteiger partial charge in [-0.25, -0.2) is 9.69 Å². The first-order valence-electron chi connectivity index (χ1n) is 11.1. The Morgan fingerprint density at radius 1 is 0.857 bits per heavy atom. The molecule has 4 rings (SSSR count). The number of carbonyl (C=O) groups excluding carboxylic acids is 3. The number of anilines is 1. The van der Waals surface area contributed by atoms with Crippen LogP contribution in [0.3, 0.4) is 0 Å². The molecule has 7 heteroatoms. The Bertz CT molecular complexity index is 1390. The number of nitrogens with zero attached hydrogens (tertiary/aromatic N) is 1. The van der Waals surface area contributed by atoms with Crippen molar-refractivity contribution in [2.24, 2.45) is 0 Å². The van der Waals surface area contributed by atoms with E-state index in [0.29, 0.717) is 28.6 Å². The second-order valence-electron chi connectivity index (χ2n) is 8.62. The molecule has 0 saturated carbocycles. The molecule has 0 spiro atoms. The molecule has 0 radical (unpaired) electrons. The lowest BCUT2D eigenvalue weighted by Gasteiger charge is -2.26. The van der Waals surface area contributed by atoms with Crippen molar-refractivity contribution in [1.29, 1.82) is 0 Å². The standard InChI is InChI=1S/C28H25ClN2O4/c1-16-5-7-21(11-18(16)3)15-35-25-10-8-20(14-24(25)29)13-23-26(32)30-28(34)31(27(23)33)22-9-6-17(2)19(4)12-22/h5-14H,15H2,1-4H3,(H,30,32,34)/b23-13+. The summed E-state index contributed by atoms with van der Waals surface area (Å²) < 4.78 is 5.86. The molecule has 1 fully saturated rings. The van der Waals surface area contributed by atoms with Gasteiger partial charge in [0.1, 0.15) is 17.9 Å². The van der Waals surface area contributed by atoms with Crippen molar-refractivity contribution in [1.82, 2.24) is 5.32 Å². The second-order valence-corrected chi connectivity index (χ2v) is 9.03. The maximum atomic E-state index is 13.1. The molecule has 3 aromatic rings. The average molecular weight is 489 g/mol. The summed E-state index contributed by atoms with van der Waals surface area (Å²) in [6.07, 6.45) is 1.41. The van der Waals surface area contributed by atoms with Gasteiger partial charge >= 0.3 is 6.03 Å². The molecule has 3 aromatic carbocycles. The predicted octanol–water partition coefficient (Wildman–Crippen LogP) is 5.82. The fraction of sp³-hybridized carbons (Fsp3) is 0.179. The number of barbiturate groups is 1. The van der Waals surface area contributed by atoms with Crippen LogP contribution < -0.4 is 15.0 Å². The molecular weight excluding hydrogens is 464 g/mol. The van der Waals surface area contributed by atoms with Crippen molar-refractivity contribution in [3.8, 4) is 5.75 Å². The molecule has 1 saturated heterocycles. The second kappa shape index (κ2) is 9.76. The van der Waals surface area contributed by atoms with Gasteiger partial charge in [0, 0.05) is 0 Å². The summed E-state index contributed by atoms with van der Waals surface area (Å²) in [6, 6.07) is 15.6. The highest BCUT2D eigenvalue weighted by atomic mass is 35.5. The molecule has 4 amide bonds. The van der Waals surface area contributed by atoms with Crippen molar-refractivity contribution >= 4 is 41.2 Å². The Morgan fingerprint density at radius 2 is 1.54 bits per heavy atom. The highest BCUT2D eigenvalue weighted by Crippen LogP contribution is 2.29. The van der Waals surface area contributed by atoms with E-state index in [1.165, 1.54) is 17.2 Å². The normalized spacial score (nSPS) is 14.9. The average Bonchev–Trinajstić information content (AvgIpc) is 2.80. The van der Waals surface area contributed by atoms with E-state index in [0.717, 1.165) is 21.6 Å². The lowest BCUT2D eigenvalue weighted by atomic mass is 10.0. The first-order valence-corrected chi connectivity index (χ1v) is 11.5. The van der Waals surface area contributed by atoms with E-state index in [1.54, 1.807) is 30.3 Å². The van der Waals surface area contributed by atoms with Gasteiger partial charge < -0.3 is 4.74 Å². The fourth-order valence-corrected chi connectivity index (χ4v) is 3.95. The highest BCUT2D eigenvalue weighted by Gasteiger charge is 2.36. The monoisotopic (exact) mass is 488 g/mol.